The van der Waals surface area contributed by atoms with Crippen LogP contribution in [-0.2, 0) is 0 Å². The average Bonchev–Trinajstić information content (AvgIpc) is 2.08. The van der Waals surface area contributed by atoms with Crippen molar-refractivity contribution in [2.45, 2.75) is 53.4 Å². The Kier molecular flexibility index (Phi) is 8.13. The molecule has 0 aromatic carbocycles. The first kappa shape index (κ1) is 15.0. The zero-order valence-electron chi connectivity index (χ0n) is 11.7. The van der Waals surface area contributed by atoms with E-state index in [4.69, 9.17) is 0 Å². The first-order valence-corrected chi connectivity index (χ1v) is 6.56. The smallest absolute Gasteiger partial charge is 0.000356 e. The third-order valence-corrected chi connectivity index (χ3v) is 2.93. The molecule has 0 rings (SSSR count). The Bertz CT molecular complexity index is 126. The largest absolute Gasteiger partial charge is 0.309 e. The average molecular weight is 213 g/mol. The van der Waals surface area contributed by atoms with Gasteiger partial charge in [0.05, 0.1) is 0 Å². The van der Waals surface area contributed by atoms with Crippen LogP contribution in [0.15, 0.2) is 0 Å². The van der Waals surface area contributed by atoms with E-state index in [1.807, 2.05) is 0 Å². The molecule has 92 valence electrons. The second-order valence-electron chi connectivity index (χ2n) is 6.07. The molecule has 0 atom stereocenters. The summed E-state index contributed by atoms with van der Waals surface area (Å²) in [6, 6.07) is 0. The fourth-order valence-electron chi connectivity index (χ4n) is 1.98. The molecule has 0 aromatic heterocycles. The monoisotopic (exact) mass is 213 g/mol. The van der Waals surface area contributed by atoms with Gasteiger partial charge in [-0.05, 0) is 44.7 Å². The van der Waals surface area contributed by atoms with Gasteiger partial charge in [-0.25, -0.2) is 0 Å². The van der Waals surface area contributed by atoms with Crippen LogP contribution in [0.4, 0.5) is 0 Å². The van der Waals surface area contributed by atoms with Gasteiger partial charge in [-0.1, -0.05) is 40.5 Å². The van der Waals surface area contributed by atoms with Crippen LogP contribution in [0, 0.1) is 17.8 Å². The van der Waals surface area contributed by atoms with Gasteiger partial charge in [0.2, 0.25) is 0 Å². The van der Waals surface area contributed by atoms with Gasteiger partial charge in [0.25, 0.3) is 0 Å². The number of hydrogen-bond donors (Lipinski definition) is 0. The van der Waals surface area contributed by atoms with Crippen molar-refractivity contribution < 1.29 is 0 Å². The van der Waals surface area contributed by atoms with E-state index in [-0.39, 0.29) is 0 Å². The van der Waals surface area contributed by atoms with E-state index >= 15 is 0 Å². The highest BCUT2D eigenvalue weighted by Gasteiger charge is 2.11. The summed E-state index contributed by atoms with van der Waals surface area (Å²) in [5.74, 6) is 2.62. The van der Waals surface area contributed by atoms with Gasteiger partial charge in [-0.3, -0.25) is 0 Å². The van der Waals surface area contributed by atoms with Crippen LogP contribution in [0.5, 0.6) is 0 Å². The van der Waals surface area contributed by atoms with E-state index in [0.717, 1.165) is 17.8 Å². The fraction of sp³-hybridized carbons (Fsp3) is 1.00. The molecule has 1 nitrogen and oxygen atoms in total. The van der Waals surface area contributed by atoms with Gasteiger partial charge in [0.15, 0.2) is 0 Å². The lowest BCUT2D eigenvalue weighted by molar-refractivity contribution is 0.274. The lowest BCUT2D eigenvalue weighted by atomic mass is 9.91. The van der Waals surface area contributed by atoms with Gasteiger partial charge in [-0.15, -0.1) is 0 Å². The maximum Gasteiger partial charge on any atom is 0.000356 e. The molecule has 0 saturated heterocycles. The van der Waals surface area contributed by atoms with Crippen LogP contribution < -0.4 is 0 Å². The van der Waals surface area contributed by atoms with E-state index < -0.39 is 0 Å². The molecule has 0 aliphatic carbocycles. The SMILES string of the molecule is CC(C)CCC(CCC(C)C)CN(C)C. The lowest BCUT2D eigenvalue weighted by Gasteiger charge is -2.22. The summed E-state index contributed by atoms with van der Waals surface area (Å²) in [7, 11) is 4.38. The Hall–Kier alpha value is -0.0400. The van der Waals surface area contributed by atoms with Crippen molar-refractivity contribution in [3.05, 3.63) is 0 Å². The standard InChI is InChI=1S/C14H31N/c1-12(2)7-9-14(11-15(5)6)10-8-13(3)4/h12-14H,7-11H2,1-6H3. The molecule has 0 bridgehead atoms. The fourth-order valence-corrected chi connectivity index (χ4v) is 1.98. The maximum absolute atomic E-state index is 2.34. The number of rotatable bonds is 8. The van der Waals surface area contributed by atoms with E-state index in [9.17, 15) is 0 Å². The quantitative estimate of drug-likeness (QED) is 0.588. The first-order valence-electron chi connectivity index (χ1n) is 6.56. The zero-order valence-corrected chi connectivity index (χ0v) is 11.7. The molecule has 0 unspecified atom stereocenters. The van der Waals surface area contributed by atoms with Crippen LogP contribution in [0.1, 0.15) is 53.4 Å². The van der Waals surface area contributed by atoms with Crippen molar-refractivity contribution >= 4 is 0 Å². The molecule has 0 heterocycles. The van der Waals surface area contributed by atoms with Crippen molar-refractivity contribution in [2.24, 2.45) is 17.8 Å². The number of hydrogen-bond acceptors (Lipinski definition) is 1. The normalized spacial score (nSPS) is 12.4. The Labute approximate surface area is 97.2 Å². The summed E-state index contributed by atoms with van der Waals surface area (Å²) < 4.78 is 0. The molecule has 1 heteroatoms. The predicted molar refractivity (Wildman–Crippen MR) is 70.2 cm³/mol. The highest BCUT2D eigenvalue weighted by molar-refractivity contribution is 4.65. The van der Waals surface area contributed by atoms with Crippen LogP contribution in [0.3, 0.4) is 0 Å². The first-order chi connectivity index (χ1) is 6.91. The summed E-state index contributed by atoms with van der Waals surface area (Å²) in [6.45, 7) is 10.6. The number of nitrogens with zero attached hydrogens (tertiary/aromatic N) is 1. The molecule has 0 fully saturated rings. The van der Waals surface area contributed by atoms with Crippen LogP contribution in [0.2, 0.25) is 0 Å². The highest BCUT2D eigenvalue weighted by atomic mass is 15.1. The second-order valence-corrected chi connectivity index (χ2v) is 6.07. The Morgan fingerprint density at radius 1 is 0.733 bits per heavy atom. The molecule has 0 radical (unpaired) electrons. The summed E-state index contributed by atoms with van der Waals surface area (Å²) >= 11 is 0. The molecule has 0 N–H and O–H groups in total. The minimum absolute atomic E-state index is 0.855. The molecule has 0 saturated carbocycles. The van der Waals surface area contributed by atoms with Gasteiger partial charge in [-0.2, -0.15) is 0 Å². The van der Waals surface area contributed by atoms with Crippen molar-refractivity contribution in [3.8, 4) is 0 Å². The molecule has 0 spiro atoms. The van der Waals surface area contributed by atoms with E-state index in [1.54, 1.807) is 0 Å². The zero-order chi connectivity index (χ0) is 11.8. The minimum Gasteiger partial charge on any atom is -0.309 e. The molecule has 0 aliphatic heterocycles. The van der Waals surface area contributed by atoms with Crippen molar-refractivity contribution in [2.75, 3.05) is 20.6 Å². The van der Waals surface area contributed by atoms with E-state index in [0.29, 0.717) is 0 Å². The van der Waals surface area contributed by atoms with Crippen LogP contribution in [-0.4, -0.2) is 25.5 Å². The highest BCUT2D eigenvalue weighted by Crippen LogP contribution is 2.20. The van der Waals surface area contributed by atoms with Gasteiger partial charge in [0.1, 0.15) is 0 Å². The lowest BCUT2D eigenvalue weighted by Crippen LogP contribution is -2.22. The predicted octanol–water partition coefficient (Wildman–Crippen LogP) is 4.04. The Balaban J connectivity index is 3.84. The topological polar surface area (TPSA) is 3.24 Å². The van der Waals surface area contributed by atoms with Crippen molar-refractivity contribution in [1.29, 1.82) is 0 Å². The van der Waals surface area contributed by atoms with E-state index in [2.05, 4.69) is 46.7 Å². The van der Waals surface area contributed by atoms with Gasteiger partial charge in [0, 0.05) is 6.54 Å². The van der Waals surface area contributed by atoms with Crippen LogP contribution in [0.25, 0.3) is 0 Å². The summed E-state index contributed by atoms with van der Waals surface area (Å²) in [5, 5.41) is 0. The van der Waals surface area contributed by atoms with Crippen molar-refractivity contribution in [3.63, 3.8) is 0 Å². The Morgan fingerprint density at radius 3 is 1.40 bits per heavy atom. The third kappa shape index (κ3) is 10.2. The summed E-state index contributed by atoms with van der Waals surface area (Å²) in [6.07, 6.45) is 5.58. The molecular weight excluding hydrogens is 182 g/mol. The molecular formula is C14H31N. The maximum atomic E-state index is 2.34. The minimum atomic E-state index is 0.855. The van der Waals surface area contributed by atoms with E-state index in [1.165, 1.54) is 32.2 Å². The second kappa shape index (κ2) is 8.15. The van der Waals surface area contributed by atoms with Crippen molar-refractivity contribution in [1.82, 2.24) is 4.90 Å². The molecule has 0 aliphatic rings. The summed E-state index contributed by atoms with van der Waals surface area (Å²) in [4.78, 5) is 2.34. The summed E-state index contributed by atoms with van der Waals surface area (Å²) in [5.41, 5.74) is 0. The molecule has 15 heavy (non-hydrogen) atoms. The van der Waals surface area contributed by atoms with Gasteiger partial charge >= 0.3 is 0 Å². The third-order valence-electron chi connectivity index (χ3n) is 2.93. The van der Waals surface area contributed by atoms with Crippen LogP contribution >= 0.6 is 0 Å². The molecule has 0 amide bonds. The van der Waals surface area contributed by atoms with Gasteiger partial charge < -0.3 is 4.90 Å². The Morgan fingerprint density at radius 2 is 1.13 bits per heavy atom. The molecule has 0 aromatic rings.